The Morgan fingerprint density at radius 3 is 2.83 bits per heavy atom. The van der Waals surface area contributed by atoms with Crippen LogP contribution in [0, 0.1) is 3.57 Å². The van der Waals surface area contributed by atoms with Gasteiger partial charge in [-0.25, -0.2) is 0 Å². The number of halogens is 1. The molecule has 0 amide bonds. The van der Waals surface area contributed by atoms with Crippen LogP contribution in [0.25, 0.3) is 0 Å². The summed E-state index contributed by atoms with van der Waals surface area (Å²) in [7, 11) is 0. The van der Waals surface area contributed by atoms with Gasteiger partial charge >= 0.3 is 0 Å². The zero-order valence-electron chi connectivity index (χ0n) is 6.74. The lowest BCUT2D eigenvalue weighted by Crippen LogP contribution is -2.34. The fourth-order valence-electron chi connectivity index (χ4n) is 0.824. The number of rotatable bonds is 3. The van der Waals surface area contributed by atoms with Crippen molar-refractivity contribution in [3.63, 3.8) is 0 Å². The van der Waals surface area contributed by atoms with E-state index in [1.807, 2.05) is 6.20 Å². The summed E-state index contributed by atoms with van der Waals surface area (Å²) in [5, 5.41) is 22.2. The highest BCUT2D eigenvalue weighted by Crippen LogP contribution is 2.07. The molecule has 0 aliphatic heterocycles. The lowest BCUT2D eigenvalue weighted by atomic mass is 10.1. The zero-order chi connectivity index (χ0) is 9.19. The molecule has 68 valence electrons. The summed E-state index contributed by atoms with van der Waals surface area (Å²) in [4.78, 5) is 0. The van der Waals surface area contributed by atoms with Gasteiger partial charge in [-0.15, -0.1) is 0 Å². The van der Waals surface area contributed by atoms with E-state index in [2.05, 4.69) is 27.7 Å². The third-order valence-electron chi connectivity index (χ3n) is 1.44. The third-order valence-corrected chi connectivity index (χ3v) is 2.00. The van der Waals surface area contributed by atoms with Crippen molar-refractivity contribution >= 4 is 22.6 Å². The summed E-state index contributed by atoms with van der Waals surface area (Å²) in [6.07, 6.45) is 3.51. The van der Waals surface area contributed by atoms with E-state index in [-0.39, 0.29) is 6.61 Å². The average molecular weight is 282 g/mol. The van der Waals surface area contributed by atoms with Gasteiger partial charge < -0.3 is 10.2 Å². The van der Waals surface area contributed by atoms with Crippen LogP contribution in [-0.4, -0.2) is 32.2 Å². The van der Waals surface area contributed by atoms with E-state index in [4.69, 9.17) is 5.11 Å². The van der Waals surface area contributed by atoms with Crippen LogP contribution < -0.4 is 0 Å². The van der Waals surface area contributed by atoms with E-state index in [0.29, 0.717) is 6.54 Å². The van der Waals surface area contributed by atoms with Crippen molar-refractivity contribution in [1.29, 1.82) is 0 Å². The second-order valence-corrected chi connectivity index (χ2v) is 4.26. The number of hydrogen-bond acceptors (Lipinski definition) is 3. The summed E-state index contributed by atoms with van der Waals surface area (Å²) < 4.78 is 2.62. The number of nitrogens with zero attached hydrogens (tertiary/aromatic N) is 2. The molecule has 1 aromatic heterocycles. The molecule has 0 fully saturated rings. The Kier molecular flexibility index (Phi) is 3.08. The molecule has 1 heterocycles. The van der Waals surface area contributed by atoms with Crippen LogP contribution >= 0.6 is 22.6 Å². The number of aliphatic hydroxyl groups excluding tert-OH is 1. The van der Waals surface area contributed by atoms with Gasteiger partial charge in [0.2, 0.25) is 0 Å². The Bertz CT molecular complexity index is 260. The Hall–Kier alpha value is -0.140. The maximum atomic E-state index is 9.47. The van der Waals surface area contributed by atoms with Gasteiger partial charge in [-0.05, 0) is 29.5 Å². The van der Waals surface area contributed by atoms with Gasteiger partial charge in [0.05, 0.1) is 22.9 Å². The molecule has 1 atom stereocenters. The molecule has 0 aliphatic rings. The van der Waals surface area contributed by atoms with Crippen molar-refractivity contribution < 1.29 is 10.2 Å². The molecule has 2 N–H and O–H groups in total. The average Bonchev–Trinajstić information content (AvgIpc) is 2.35. The highest BCUT2D eigenvalue weighted by atomic mass is 127. The maximum Gasteiger partial charge on any atom is 0.104 e. The summed E-state index contributed by atoms with van der Waals surface area (Å²) in [5.41, 5.74) is -1.09. The molecule has 0 radical (unpaired) electrons. The minimum atomic E-state index is -1.09. The van der Waals surface area contributed by atoms with E-state index in [9.17, 15) is 5.11 Å². The molecule has 5 heteroatoms. The molecule has 0 saturated carbocycles. The molecule has 0 bridgehead atoms. The molecule has 1 unspecified atom stereocenters. The van der Waals surface area contributed by atoms with E-state index in [1.54, 1.807) is 17.8 Å². The highest BCUT2D eigenvalue weighted by Gasteiger charge is 2.19. The first kappa shape index (κ1) is 9.94. The Morgan fingerprint density at radius 1 is 1.75 bits per heavy atom. The van der Waals surface area contributed by atoms with Crippen LogP contribution in [0.15, 0.2) is 12.4 Å². The minimum absolute atomic E-state index is 0.260. The minimum Gasteiger partial charge on any atom is -0.393 e. The smallest absolute Gasteiger partial charge is 0.104 e. The Morgan fingerprint density at radius 2 is 2.42 bits per heavy atom. The van der Waals surface area contributed by atoms with Crippen molar-refractivity contribution in [3.8, 4) is 0 Å². The molecule has 0 aliphatic carbocycles. The van der Waals surface area contributed by atoms with E-state index >= 15 is 0 Å². The first-order valence-corrected chi connectivity index (χ1v) is 4.62. The van der Waals surface area contributed by atoms with Crippen molar-refractivity contribution in [1.82, 2.24) is 9.78 Å². The molecule has 1 rings (SSSR count). The second kappa shape index (κ2) is 3.71. The standard InChI is InChI=1S/C7H11IN2O2/c1-7(12,5-11)4-10-3-6(8)2-9-10/h2-3,11-12H,4-5H2,1H3. The third kappa shape index (κ3) is 2.72. The SMILES string of the molecule is CC(O)(CO)Cn1cc(I)cn1. The first-order chi connectivity index (χ1) is 5.53. The summed E-state index contributed by atoms with van der Waals surface area (Å²) in [5.74, 6) is 0. The number of hydrogen-bond donors (Lipinski definition) is 2. The molecule has 4 nitrogen and oxygen atoms in total. The van der Waals surface area contributed by atoms with Crippen molar-refractivity contribution in [2.75, 3.05) is 6.61 Å². The first-order valence-electron chi connectivity index (χ1n) is 3.55. The predicted molar refractivity (Wildman–Crippen MR) is 52.7 cm³/mol. The van der Waals surface area contributed by atoms with Gasteiger partial charge in [0, 0.05) is 6.20 Å². The van der Waals surface area contributed by atoms with Crippen molar-refractivity contribution in [2.45, 2.75) is 19.1 Å². The monoisotopic (exact) mass is 282 g/mol. The van der Waals surface area contributed by atoms with Crippen LogP contribution in [0.5, 0.6) is 0 Å². The largest absolute Gasteiger partial charge is 0.393 e. The molecule has 1 aromatic rings. The van der Waals surface area contributed by atoms with Gasteiger partial charge in [-0.2, -0.15) is 5.10 Å². The fourth-order valence-corrected chi connectivity index (χ4v) is 1.27. The topological polar surface area (TPSA) is 58.3 Å². The molecule has 0 spiro atoms. The van der Waals surface area contributed by atoms with Gasteiger partial charge in [-0.1, -0.05) is 0 Å². The summed E-state index contributed by atoms with van der Waals surface area (Å²) in [6.45, 7) is 1.62. The fraction of sp³-hybridized carbons (Fsp3) is 0.571. The van der Waals surface area contributed by atoms with Crippen LogP contribution in [0.4, 0.5) is 0 Å². The Balaban J connectivity index is 2.63. The van der Waals surface area contributed by atoms with Crippen molar-refractivity contribution in [3.05, 3.63) is 16.0 Å². The van der Waals surface area contributed by atoms with Crippen LogP contribution in [-0.2, 0) is 6.54 Å². The van der Waals surface area contributed by atoms with E-state index < -0.39 is 5.60 Å². The summed E-state index contributed by atoms with van der Waals surface area (Å²) in [6, 6.07) is 0. The van der Waals surface area contributed by atoms with E-state index in [0.717, 1.165) is 3.57 Å². The van der Waals surface area contributed by atoms with Crippen molar-refractivity contribution in [2.24, 2.45) is 0 Å². The molecular formula is C7H11IN2O2. The molecule has 0 saturated heterocycles. The predicted octanol–water partition coefficient (Wildman–Crippen LogP) is 0.231. The Labute approximate surface area is 84.3 Å². The van der Waals surface area contributed by atoms with Gasteiger partial charge in [0.15, 0.2) is 0 Å². The highest BCUT2D eigenvalue weighted by molar-refractivity contribution is 14.1. The van der Waals surface area contributed by atoms with Crippen LogP contribution in [0.3, 0.4) is 0 Å². The lowest BCUT2D eigenvalue weighted by molar-refractivity contribution is -0.0145. The normalized spacial score (nSPS) is 16.0. The second-order valence-electron chi connectivity index (χ2n) is 3.01. The lowest BCUT2D eigenvalue weighted by Gasteiger charge is -2.19. The molecule has 0 aromatic carbocycles. The number of aromatic nitrogens is 2. The van der Waals surface area contributed by atoms with Gasteiger partial charge in [0.25, 0.3) is 0 Å². The van der Waals surface area contributed by atoms with Gasteiger partial charge in [-0.3, -0.25) is 4.68 Å². The van der Waals surface area contributed by atoms with Crippen LogP contribution in [0.1, 0.15) is 6.92 Å². The molecule has 12 heavy (non-hydrogen) atoms. The number of aliphatic hydroxyl groups is 2. The quantitative estimate of drug-likeness (QED) is 0.780. The maximum absolute atomic E-state index is 9.47. The van der Waals surface area contributed by atoms with Crippen LogP contribution in [0.2, 0.25) is 0 Å². The van der Waals surface area contributed by atoms with E-state index in [1.165, 1.54) is 0 Å². The van der Waals surface area contributed by atoms with Gasteiger partial charge in [0.1, 0.15) is 5.60 Å². The zero-order valence-corrected chi connectivity index (χ0v) is 8.89. The molecular weight excluding hydrogens is 271 g/mol. The summed E-state index contributed by atoms with van der Waals surface area (Å²) >= 11 is 2.14.